The SMILES string of the molecule is Cc1cc(C(=O)NNc2c(F)c(F)c(F)c(F)c2F)ccc1[N+](=O)[O-]. The summed E-state index contributed by atoms with van der Waals surface area (Å²) in [6.45, 7) is 1.35. The Balaban J connectivity index is 2.24. The molecule has 11 heteroatoms. The number of hydrazine groups is 1. The molecule has 2 aromatic carbocycles. The molecule has 0 spiro atoms. The first-order valence-corrected chi connectivity index (χ1v) is 6.48. The number of carbonyl (C=O) groups is 1. The van der Waals surface area contributed by atoms with Crippen molar-refractivity contribution in [3.05, 3.63) is 68.5 Å². The van der Waals surface area contributed by atoms with Crippen molar-refractivity contribution >= 4 is 17.3 Å². The van der Waals surface area contributed by atoms with Gasteiger partial charge >= 0.3 is 0 Å². The van der Waals surface area contributed by atoms with E-state index >= 15 is 0 Å². The highest BCUT2D eigenvalue weighted by Crippen LogP contribution is 2.26. The summed E-state index contributed by atoms with van der Waals surface area (Å²) in [7, 11) is 0. The monoisotopic (exact) mass is 361 g/mol. The Hall–Kier alpha value is -3.24. The largest absolute Gasteiger partial charge is 0.293 e. The molecule has 2 N–H and O–H groups in total. The predicted octanol–water partition coefficient (Wildman–Crippen LogP) is 3.36. The Morgan fingerprint density at radius 2 is 1.52 bits per heavy atom. The average molecular weight is 361 g/mol. The summed E-state index contributed by atoms with van der Waals surface area (Å²) in [5.41, 5.74) is 1.66. The molecule has 0 saturated heterocycles. The topological polar surface area (TPSA) is 84.3 Å². The summed E-state index contributed by atoms with van der Waals surface area (Å²) in [6, 6.07) is 3.21. The molecule has 0 fully saturated rings. The summed E-state index contributed by atoms with van der Waals surface area (Å²) in [5, 5.41) is 10.7. The Labute approximate surface area is 136 Å². The van der Waals surface area contributed by atoms with Gasteiger partial charge in [0.1, 0.15) is 5.69 Å². The lowest BCUT2D eigenvalue weighted by atomic mass is 10.1. The van der Waals surface area contributed by atoms with Gasteiger partial charge in [-0.2, -0.15) is 0 Å². The number of hydrogen-bond donors (Lipinski definition) is 2. The second-order valence-electron chi connectivity index (χ2n) is 4.78. The van der Waals surface area contributed by atoms with Crippen molar-refractivity contribution in [2.24, 2.45) is 0 Å². The highest BCUT2D eigenvalue weighted by molar-refractivity contribution is 5.95. The summed E-state index contributed by atoms with van der Waals surface area (Å²) in [4.78, 5) is 21.9. The molecule has 0 bridgehead atoms. The zero-order valence-corrected chi connectivity index (χ0v) is 12.3. The number of nitro benzene ring substituents is 1. The zero-order valence-electron chi connectivity index (χ0n) is 12.3. The van der Waals surface area contributed by atoms with Gasteiger partial charge in [0, 0.05) is 17.2 Å². The average Bonchev–Trinajstić information content (AvgIpc) is 2.57. The van der Waals surface area contributed by atoms with Crippen LogP contribution in [0.4, 0.5) is 33.3 Å². The van der Waals surface area contributed by atoms with E-state index in [1.807, 2.05) is 0 Å². The number of nitrogens with zero attached hydrogens (tertiary/aromatic N) is 1. The Morgan fingerprint density at radius 1 is 1.00 bits per heavy atom. The number of carbonyl (C=O) groups excluding carboxylic acids is 1. The summed E-state index contributed by atoms with van der Waals surface area (Å²) in [6.07, 6.45) is 0. The predicted molar refractivity (Wildman–Crippen MR) is 75.2 cm³/mol. The molecule has 132 valence electrons. The second-order valence-corrected chi connectivity index (χ2v) is 4.78. The molecule has 0 heterocycles. The van der Waals surface area contributed by atoms with Crippen molar-refractivity contribution in [2.75, 3.05) is 5.43 Å². The van der Waals surface area contributed by atoms with E-state index in [0.717, 1.165) is 18.2 Å². The summed E-state index contributed by atoms with van der Waals surface area (Å²) >= 11 is 0. The van der Waals surface area contributed by atoms with E-state index in [1.54, 1.807) is 10.9 Å². The lowest BCUT2D eigenvalue weighted by Crippen LogP contribution is -2.31. The molecule has 0 aromatic heterocycles. The molecule has 25 heavy (non-hydrogen) atoms. The lowest BCUT2D eigenvalue weighted by Gasteiger charge is -2.12. The minimum Gasteiger partial charge on any atom is -0.293 e. The van der Waals surface area contributed by atoms with Crippen LogP contribution in [0.1, 0.15) is 15.9 Å². The van der Waals surface area contributed by atoms with Crippen LogP contribution in [0.3, 0.4) is 0 Å². The van der Waals surface area contributed by atoms with Crippen LogP contribution in [0, 0.1) is 46.1 Å². The second kappa shape index (κ2) is 6.71. The number of rotatable bonds is 4. The third kappa shape index (κ3) is 3.34. The fourth-order valence-electron chi connectivity index (χ4n) is 1.91. The van der Waals surface area contributed by atoms with E-state index in [9.17, 15) is 36.9 Å². The number of amides is 1. The van der Waals surface area contributed by atoms with E-state index in [4.69, 9.17) is 0 Å². The molecule has 6 nitrogen and oxygen atoms in total. The van der Waals surface area contributed by atoms with Gasteiger partial charge in [-0.1, -0.05) is 0 Å². The number of aryl methyl sites for hydroxylation is 1. The maximum atomic E-state index is 13.5. The minimum atomic E-state index is -2.34. The first-order chi connectivity index (χ1) is 11.6. The number of nitrogens with one attached hydrogen (secondary N) is 2. The molecule has 0 atom stereocenters. The molecule has 2 aromatic rings. The number of halogens is 5. The van der Waals surface area contributed by atoms with Gasteiger partial charge in [0.15, 0.2) is 23.3 Å². The maximum Gasteiger partial charge on any atom is 0.272 e. The van der Waals surface area contributed by atoms with Gasteiger partial charge in [-0.05, 0) is 19.1 Å². The van der Waals surface area contributed by atoms with Crippen LogP contribution in [-0.4, -0.2) is 10.8 Å². The van der Waals surface area contributed by atoms with E-state index < -0.39 is 45.6 Å². The van der Waals surface area contributed by atoms with Gasteiger partial charge in [-0.3, -0.25) is 25.8 Å². The molecular weight excluding hydrogens is 353 g/mol. The molecule has 0 aliphatic heterocycles. The quantitative estimate of drug-likeness (QED) is 0.288. The third-order valence-corrected chi connectivity index (χ3v) is 3.17. The molecule has 0 radical (unpaired) electrons. The van der Waals surface area contributed by atoms with E-state index in [1.165, 1.54) is 6.92 Å². The van der Waals surface area contributed by atoms with Crippen molar-refractivity contribution in [3.63, 3.8) is 0 Å². The maximum absolute atomic E-state index is 13.5. The van der Waals surface area contributed by atoms with Crippen LogP contribution in [0.15, 0.2) is 18.2 Å². The smallest absolute Gasteiger partial charge is 0.272 e. The van der Waals surface area contributed by atoms with Crippen molar-refractivity contribution in [2.45, 2.75) is 6.92 Å². The first kappa shape index (κ1) is 18.1. The number of hydrogen-bond acceptors (Lipinski definition) is 4. The van der Waals surface area contributed by atoms with Crippen molar-refractivity contribution in [1.82, 2.24) is 5.43 Å². The molecule has 0 unspecified atom stereocenters. The van der Waals surface area contributed by atoms with Gasteiger partial charge in [0.05, 0.1) is 4.92 Å². The van der Waals surface area contributed by atoms with Crippen LogP contribution in [-0.2, 0) is 0 Å². The molecule has 0 aliphatic carbocycles. The fourth-order valence-corrected chi connectivity index (χ4v) is 1.91. The van der Waals surface area contributed by atoms with Crippen molar-refractivity contribution < 1.29 is 31.7 Å². The number of anilines is 1. The Morgan fingerprint density at radius 3 is 2.00 bits per heavy atom. The van der Waals surface area contributed by atoms with Gasteiger partial charge in [0.2, 0.25) is 5.82 Å². The first-order valence-electron chi connectivity index (χ1n) is 6.48. The minimum absolute atomic E-state index is 0.133. The molecule has 1 amide bonds. The van der Waals surface area contributed by atoms with Gasteiger partial charge in [-0.25, -0.2) is 22.0 Å². The highest BCUT2D eigenvalue weighted by atomic mass is 19.2. The Kier molecular flexibility index (Phi) is 4.86. The third-order valence-electron chi connectivity index (χ3n) is 3.17. The Bertz CT molecular complexity index is 859. The van der Waals surface area contributed by atoms with E-state index in [0.29, 0.717) is 0 Å². The van der Waals surface area contributed by atoms with E-state index in [2.05, 4.69) is 0 Å². The normalized spacial score (nSPS) is 10.5. The van der Waals surface area contributed by atoms with Crippen molar-refractivity contribution in [1.29, 1.82) is 0 Å². The van der Waals surface area contributed by atoms with Crippen molar-refractivity contribution in [3.8, 4) is 0 Å². The van der Waals surface area contributed by atoms with Crippen LogP contribution < -0.4 is 10.9 Å². The lowest BCUT2D eigenvalue weighted by molar-refractivity contribution is -0.385. The van der Waals surface area contributed by atoms with Gasteiger partial charge in [-0.15, -0.1) is 0 Å². The summed E-state index contributed by atoms with van der Waals surface area (Å²) < 4.78 is 65.9. The molecule has 0 aliphatic rings. The zero-order chi connectivity index (χ0) is 18.9. The van der Waals surface area contributed by atoms with Crippen LogP contribution in [0.5, 0.6) is 0 Å². The number of nitro groups is 1. The van der Waals surface area contributed by atoms with E-state index in [-0.39, 0.29) is 16.8 Å². The molecule has 0 saturated carbocycles. The summed E-state index contributed by atoms with van der Waals surface area (Å²) in [5.74, 6) is -12.0. The number of benzene rings is 2. The van der Waals surface area contributed by atoms with Gasteiger partial charge in [0.25, 0.3) is 11.6 Å². The highest BCUT2D eigenvalue weighted by Gasteiger charge is 2.26. The van der Waals surface area contributed by atoms with Crippen LogP contribution in [0.2, 0.25) is 0 Å². The van der Waals surface area contributed by atoms with Crippen LogP contribution in [0.25, 0.3) is 0 Å². The molecule has 2 rings (SSSR count). The van der Waals surface area contributed by atoms with Gasteiger partial charge < -0.3 is 0 Å². The standard InChI is InChI=1S/C14H8F5N3O3/c1-5-4-6(2-3-7(5)22(24)25)14(23)21-20-13-11(18)9(16)8(15)10(17)12(13)19/h2-4,20H,1H3,(H,21,23). The fraction of sp³-hybridized carbons (Fsp3) is 0.0714. The van der Waals surface area contributed by atoms with Crippen LogP contribution >= 0.6 is 0 Å². The molecular formula is C14H8F5N3O3.